The maximum absolute atomic E-state index is 12.6. The molecule has 12 heteroatoms. The molecule has 192 valence electrons. The number of hydrogen-bond acceptors (Lipinski definition) is 8. The van der Waals surface area contributed by atoms with Gasteiger partial charge in [-0.2, -0.15) is 4.72 Å². The highest BCUT2D eigenvalue weighted by molar-refractivity contribution is 7.89. The van der Waals surface area contributed by atoms with Crippen LogP contribution in [0.3, 0.4) is 0 Å². The number of nitrogens with zero attached hydrogens (tertiary/aromatic N) is 3. The zero-order valence-corrected chi connectivity index (χ0v) is 20.6. The Morgan fingerprint density at radius 2 is 1.67 bits per heavy atom. The van der Waals surface area contributed by atoms with E-state index in [1.54, 1.807) is 30.3 Å². The SMILES string of the molecule is O=C(NC[C@H](NS(=O)(=O)c1ccccc1)C(=O)O)c1ccc(N2CCN(C3=NCCCN3)CC2)cc1. The average Bonchev–Trinajstić information content (AvgIpc) is 2.92. The van der Waals surface area contributed by atoms with Crippen molar-refractivity contribution < 1.29 is 23.1 Å². The van der Waals surface area contributed by atoms with Gasteiger partial charge in [-0.15, -0.1) is 0 Å². The number of nitrogens with one attached hydrogen (secondary N) is 3. The number of benzene rings is 2. The first-order valence-electron chi connectivity index (χ1n) is 11.8. The van der Waals surface area contributed by atoms with Crippen LogP contribution in [-0.4, -0.2) is 88.1 Å². The van der Waals surface area contributed by atoms with Crippen molar-refractivity contribution in [2.45, 2.75) is 17.4 Å². The molecule has 0 unspecified atom stereocenters. The summed E-state index contributed by atoms with van der Waals surface area (Å²) >= 11 is 0. The van der Waals surface area contributed by atoms with Crippen molar-refractivity contribution in [3.05, 3.63) is 60.2 Å². The first kappa shape index (κ1) is 25.5. The summed E-state index contributed by atoms with van der Waals surface area (Å²) in [4.78, 5) is 33.2. The highest BCUT2D eigenvalue weighted by atomic mass is 32.2. The number of anilines is 1. The average molecular weight is 515 g/mol. The molecule has 2 aromatic carbocycles. The summed E-state index contributed by atoms with van der Waals surface area (Å²) in [6, 6.07) is 13.0. The molecule has 0 aliphatic carbocycles. The minimum Gasteiger partial charge on any atom is -0.480 e. The number of carbonyl (C=O) groups is 2. The number of sulfonamides is 1. The summed E-state index contributed by atoms with van der Waals surface area (Å²) < 4.78 is 27.0. The molecule has 2 heterocycles. The van der Waals surface area contributed by atoms with E-state index in [4.69, 9.17) is 0 Å². The lowest BCUT2D eigenvalue weighted by atomic mass is 10.1. The van der Waals surface area contributed by atoms with Crippen LogP contribution in [0.1, 0.15) is 16.8 Å². The van der Waals surface area contributed by atoms with Gasteiger partial charge in [0.1, 0.15) is 6.04 Å². The van der Waals surface area contributed by atoms with Crippen molar-refractivity contribution in [3.63, 3.8) is 0 Å². The van der Waals surface area contributed by atoms with Crippen LogP contribution in [0.25, 0.3) is 0 Å². The summed E-state index contributed by atoms with van der Waals surface area (Å²) in [5.74, 6) is -0.907. The molecule has 0 spiro atoms. The number of carbonyl (C=O) groups excluding carboxylic acids is 1. The van der Waals surface area contributed by atoms with Crippen LogP contribution >= 0.6 is 0 Å². The maximum Gasteiger partial charge on any atom is 0.323 e. The number of carboxylic acid groups (broad SMARTS) is 1. The van der Waals surface area contributed by atoms with Gasteiger partial charge in [-0.25, -0.2) is 8.42 Å². The Balaban J connectivity index is 1.30. The molecule has 1 amide bonds. The second kappa shape index (κ2) is 11.4. The van der Waals surface area contributed by atoms with E-state index in [9.17, 15) is 23.1 Å². The molecule has 0 saturated carbocycles. The smallest absolute Gasteiger partial charge is 0.323 e. The van der Waals surface area contributed by atoms with Crippen molar-refractivity contribution >= 4 is 33.5 Å². The molecule has 4 N–H and O–H groups in total. The number of carboxylic acids is 1. The van der Waals surface area contributed by atoms with Gasteiger partial charge in [-0.3, -0.25) is 14.6 Å². The molecule has 4 rings (SSSR count). The predicted molar refractivity (Wildman–Crippen MR) is 136 cm³/mol. The van der Waals surface area contributed by atoms with Gasteiger partial charge in [-0.1, -0.05) is 18.2 Å². The molecular weight excluding hydrogens is 484 g/mol. The number of aliphatic carboxylic acids is 1. The third-order valence-electron chi connectivity index (χ3n) is 6.07. The van der Waals surface area contributed by atoms with Gasteiger partial charge in [0.05, 0.1) is 4.90 Å². The third-order valence-corrected chi connectivity index (χ3v) is 7.56. The number of hydrogen-bond donors (Lipinski definition) is 4. The molecule has 0 radical (unpaired) electrons. The van der Waals surface area contributed by atoms with E-state index in [2.05, 4.69) is 30.1 Å². The molecule has 36 heavy (non-hydrogen) atoms. The lowest BCUT2D eigenvalue weighted by Crippen LogP contribution is -2.53. The van der Waals surface area contributed by atoms with E-state index in [0.29, 0.717) is 5.56 Å². The van der Waals surface area contributed by atoms with Crippen LogP contribution in [-0.2, 0) is 14.8 Å². The third kappa shape index (κ3) is 6.32. The number of piperazine rings is 1. The molecule has 1 saturated heterocycles. The molecule has 1 atom stereocenters. The number of aliphatic imine (C=N–C) groups is 1. The van der Waals surface area contributed by atoms with Crippen molar-refractivity contribution in [1.82, 2.24) is 20.3 Å². The minimum absolute atomic E-state index is 0.0537. The normalized spacial score (nSPS) is 17.1. The van der Waals surface area contributed by atoms with Crippen LogP contribution < -0.4 is 20.3 Å². The molecule has 2 aliphatic rings. The second-order valence-corrected chi connectivity index (χ2v) is 10.3. The number of amides is 1. The Bertz CT molecular complexity index is 1200. The van der Waals surface area contributed by atoms with Crippen molar-refractivity contribution in [2.24, 2.45) is 4.99 Å². The Morgan fingerprint density at radius 3 is 2.28 bits per heavy atom. The Labute approximate surface area is 210 Å². The molecular formula is C24H30N6O5S. The minimum atomic E-state index is -4.05. The summed E-state index contributed by atoms with van der Waals surface area (Å²) in [5.41, 5.74) is 1.34. The van der Waals surface area contributed by atoms with Gasteiger partial charge in [0.25, 0.3) is 5.91 Å². The fourth-order valence-corrected chi connectivity index (χ4v) is 5.27. The molecule has 1 fully saturated rings. The van der Waals surface area contributed by atoms with Crippen molar-refractivity contribution in [2.75, 3.05) is 50.7 Å². The monoisotopic (exact) mass is 514 g/mol. The summed E-state index contributed by atoms with van der Waals surface area (Å²) in [6.07, 6.45) is 1.06. The number of guanidine groups is 1. The van der Waals surface area contributed by atoms with Gasteiger partial charge in [-0.05, 0) is 42.8 Å². The van der Waals surface area contributed by atoms with Crippen LogP contribution in [0.5, 0.6) is 0 Å². The maximum atomic E-state index is 12.6. The van der Waals surface area contributed by atoms with Gasteiger partial charge < -0.3 is 25.5 Å². The Kier molecular flexibility index (Phi) is 8.06. The summed E-state index contributed by atoms with van der Waals surface area (Å²) in [5, 5.41) is 15.3. The predicted octanol–water partition coefficient (Wildman–Crippen LogP) is 0.319. The van der Waals surface area contributed by atoms with Gasteiger partial charge in [0.15, 0.2) is 5.96 Å². The second-order valence-electron chi connectivity index (χ2n) is 8.54. The lowest BCUT2D eigenvalue weighted by Gasteiger charge is -2.38. The van der Waals surface area contributed by atoms with E-state index in [-0.39, 0.29) is 4.90 Å². The highest BCUT2D eigenvalue weighted by Crippen LogP contribution is 2.18. The van der Waals surface area contributed by atoms with Crippen LogP contribution in [0.2, 0.25) is 0 Å². The molecule has 2 aromatic rings. The number of rotatable bonds is 8. The molecule has 0 aromatic heterocycles. The fraction of sp³-hybridized carbons (Fsp3) is 0.375. The van der Waals surface area contributed by atoms with Crippen LogP contribution in [0.4, 0.5) is 5.69 Å². The zero-order chi connectivity index (χ0) is 25.5. The van der Waals surface area contributed by atoms with Gasteiger partial charge in [0.2, 0.25) is 10.0 Å². The van der Waals surface area contributed by atoms with E-state index in [1.165, 1.54) is 12.1 Å². The van der Waals surface area contributed by atoms with E-state index in [0.717, 1.165) is 57.3 Å². The molecule has 11 nitrogen and oxygen atoms in total. The molecule has 2 aliphatic heterocycles. The Morgan fingerprint density at radius 1 is 1.00 bits per heavy atom. The van der Waals surface area contributed by atoms with Gasteiger partial charge >= 0.3 is 5.97 Å². The Hall–Kier alpha value is -3.64. The zero-order valence-electron chi connectivity index (χ0n) is 19.8. The topological polar surface area (TPSA) is 143 Å². The molecule has 0 bridgehead atoms. The van der Waals surface area contributed by atoms with E-state index < -0.39 is 34.5 Å². The lowest BCUT2D eigenvalue weighted by molar-refractivity contribution is -0.138. The fourth-order valence-electron chi connectivity index (χ4n) is 4.06. The van der Waals surface area contributed by atoms with E-state index >= 15 is 0 Å². The highest BCUT2D eigenvalue weighted by Gasteiger charge is 2.26. The van der Waals surface area contributed by atoms with Gasteiger partial charge in [0, 0.05) is 57.1 Å². The largest absolute Gasteiger partial charge is 0.480 e. The summed E-state index contributed by atoms with van der Waals surface area (Å²) in [6.45, 7) is 4.77. The standard InChI is InChI=1S/C24H30N6O5S/c31-22(27-17-21(23(32)33)28-36(34,35)20-5-2-1-3-6-20)18-7-9-19(10-8-18)29-13-15-30(16-14-29)24-25-11-4-12-26-24/h1-3,5-10,21,28H,4,11-17H2,(H,25,26)(H,27,31)(H,32,33)/t21-/m0/s1. The van der Waals surface area contributed by atoms with Crippen molar-refractivity contribution in [3.8, 4) is 0 Å². The first-order chi connectivity index (χ1) is 17.3. The quantitative estimate of drug-likeness (QED) is 0.394. The van der Waals surface area contributed by atoms with E-state index in [1.807, 2.05) is 12.1 Å². The first-order valence-corrected chi connectivity index (χ1v) is 13.3. The summed E-state index contributed by atoms with van der Waals surface area (Å²) in [7, 11) is -4.05. The van der Waals surface area contributed by atoms with Crippen LogP contribution in [0.15, 0.2) is 64.5 Å². The van der Waals surface area contributed by atoms with Crippen LogP contribution in [0, 0.1) is 0 Å². The van der Waals surface area contributed by atoms with Crippen molar-refractivity contribution in [1.29, 1.82) is 0 Å².